The van der Waals surface area contributed by atoms with Crippen LogP contribution in [0.2, 0.25) is 0 Å². The van der Waals surface area contributed by atoms with Crippen molar-refractivity contribution in [2.24, 2.45) is 5.41 Å². The van der Waals surface area contributed by atoms with E-state index in [0.29, 0.717) is 16.4 Å². The van der Waals surface area contributed by atoms with E-state index in [1.807, 2.05) is 36.6 Å². The molecule has 0 unspecified atom stereocenters. The Balaban J connectivity index is 1.71. The van der Waals surface area contributed by atoms with Crippen molar-refractivity contribution in [1.29, 1.82) is 5.26 Å². The molecule has 5 nitrogen and oxygen atoms in total. The Morgan fingerprint density at radius 3 is 2.79 bits per heavy atom. The van der Waals surface area contributed by atoms with Gasteiger partial charge in [0, 0.05) is 27.8 Å². The molecular weight excluding hydrogens is 402 g/mol. The molecule has 1 aliphatic carbocycles. The van der Waals surface area contributed by atoms with Gasteiger partial charge in [0.15, 0.2) is 0 Å². The number of thioether (sulfide) groups is 1. The monoisotopic (exact) mass is 425 g/mol. The van der Waals surface area contributed by atoms with Crippen molar-refractivity contribution in [3.8, 4) is 11.8 Å². The standard InChI is InChI=1S/C22H23N3O2S2/c1-14-12-28-21(24-14)18-19(26)25-20(16(11-23)22(18)9-5-6-10-22)29-13-15-7-3-4-8-17(15)27-2/h3-4,7-8,12,18H,5-6,9-10,13H2,1-2H3,(H,25,26)/t18-/m1/s1. The minimum Gasteiger partial charge on any atom is -0.496 e. The summed E-state index contributed by atoms with van der Waals surface area (Å²) in [6, 6.07) is 10.3. The van der Waals surface area contributed by atoms with Crippen LogP contribution in [0.4, 0.5) is 0 Å². The number of methoxy groups -OCH3 is 1. The van der Waals surface area contributed by atoms with Crippen molar-refractivity contribution in [2.45, 2.75) is 44.3 Å². The number of aromatic nitrogens is 1. The minimum atomic E-state index is -0.440. The lowest BCUT2D eigenvalue weighted by Gasteiger charge is -2.40. The van der Waals surface area contributed by atoms with Crippen LogP contribution in [0.25, 0.3) is 0 Å². The average Bonchev–Trinajstić information content (AvgIpc) is 3.36. The summed E-state index contributed by atoms with van der Waals surface area (Å²) in [5, 5.41) is 16.7. The molecule has 29 heavy (non-hydrogen) atoms. The number of nitrogens with zero attached hydrogens (tertiary/aromatic N) is 2. The van der Waals surface area contributed by atoms with E-state index in [-0.39, 0.29) is 11.8 Å². The molecule has 4 rings (SSSR count). The van der Waals surface area contributed by atoms with E-state index in [1.54, 1.807) is 7.11 Å². The van der Waals surface area contributed by atoms with Gasteiger partial charge in [0.1, 0.15) is 16.7 Å². The first-order valence-electron chi connectivity index (χ1n) is 9.71. The SMILES string of the molecule is COc1ccccc1CSC1=C(C#N)C2(CCCC2)[C@@H](c2nc(C)cs2)C(=O)N1. The number of amides is 1. The summed E-state index contributed by atoms with van der Waals surface area (Å²) in [7, 11) is 1.65. The fraction of sp³-hybridized carbons (Fsp3) is 0.409. The highest BCUT2D eigenvalue weighted by atomic mass is 32.2. The zero-order chi connectivity index (χ0) is 20.4. The number of aryl methyl sites for hydroxylation is 1. The number of nitriles is 1. The molecule has 1 spiro atoms. The van der Waals surface area contributed by atoms with Crippen molar-refractivity contribution >= 4 is 29.0 Å². The van der Waals surface area contributed by atoms with E-state index in [9.17, 15) is 10.1 Å². The van der Waals surface area contributed by atoms with E-state index in [0.717, 1.165) is 47.7 Å². The van der Waals surface area contributed by atoms with Crippen LogP contribution in [0.15, 0.2) is 40.2 Å². The molecule has 2 aromatic rings. The molecule has 1 saturated carbocycles. The lowest BCUT2D eigenvalue weighted by molar-refractivity contribution is -0.124. The third-order valence-corrected chi connectivity index (χ3v) is 7.91. The smallest absolute Gasteiger partial charge is 0.235 e. The van der Waals surface area contributed by atoms with Gasteiger partial charge in [-0.15, -0.1) is 23.1 Å². The lowest BCUT2D eigenvalue weighted by atomic mass is 9.67. The molecule has 0 radical (unpaired) electrons. The summed E-state index contributed by atoms with van der Waals surface area (Å²) in [6.45, 7) is 1.94. The molecule has 150 valence electrons. The van der Waals surface area contributed by atoms with E-state index in [2.05, 4.69) is 16.4 Å². The Labute approximate surface area is 179 Å². The molecule has 0 bridgehead atoms. The normalized spacial score (nSPS) is 20.6. The molecule has 1 atom stereocenters. The fourth-order valence-electron chi connectivity index (χ4n) is 4.51. The van der Waals surface area contributed by atoms with Crippen LogP contribution in [0, 0.1) is 23.7 Å². The summed E-state index contributed by atoms with van der Waals surface area (Å²) in [6.07, 6.45) is 3.77. The van der Waals surface area contributed by atoms with Gasteiger partial charge in [0.05, 0.1) is 23.8 Å². The van der Waals surface area contributed by atoms with Crippen LogP contribution >= 0.6 is 23.1 Å². The summed E-state index contributed by atoms with van der Waals surface area (Å²) < 4.78 is 5.44. The number of nitrogens with one attached hydrogen (secondary N) is 1. The highest BCUT2D eigenvalue weighted by molar-refractivity contribution is 8.02. The predicted octanol–water partition coefficient (Wildman–Crippen LogP) is 4.90. The third kappa shape index (κ3) is 3.56. The van der Waals surface area contributed by atoms with Crippen molar-refractivity contribution in [2.75, 3.05) is 7.11 Å². The Kier molecular flexibility index (Phi) is 5.66. The zero-order valence-electron chi connectivity index (χ0n) is 16.5. The maximum atomic E-state index is 13.2. The summed E-state index contributed by atoms with van der Waals surface area (Å²) >= 11 is 3.03. The Hall–Kier alpha value is -2.30. The van der Waals surface area contributed by atoms with Crippen molar-refractivity contribution in [3.63, 3.8) is 0 Å². The topological polar surface area (TPSA) is 75.0 Å². The van der Waals surface area contributed by atoms with Gasteiger partial charge in [0.2, 0.25) is 5.91 Å². The molecule has 0 saturated heterocycles. The van der Waals surface area contributed by atoms with Gasteiger partial charge >= 0.3 is 0 Å². The second kappa shape index (κ2) is 8.21. The lowest BCUT2D eigenvalue weighted by Crippen LogP contribution is -2.45. The maximum Gasteiger partial charge on any atom is 0.235 e. The number of hydrogen-bond donors (Lipinski definition) is 1. The zero-order valence-corrected chi connectivity index (χ0v) is 18.2. The number of ether oxygens (including phenoxy) is 1. The average molecular weight is 426 g/mol. The summed E-state index contributed by atoms with van der Waals surface area (Å²) in [5.41, 5.74) is 2.24. The molecule has 7 heteroatoms. The second-order valence-corrected chi connectivity index (χ2v) is 9.40. The van der Waals surface area contributed by atoms with Gasteiger partial charge in [0.25, 0.3) is 0 Å². The number of thiazole rings is 1. The van der Waals surface area contributed by atoms with Crippen LogP contribution in [0.3, 0.4) is 0 Å². The largest absolute Gasteiger partial charge is 0.496 e. The molecule has 1 aliphatic heterocycles. The first kappa shape index (κ1) is 20.0. The Bertz CT molecular complexity index is 999. The minimum absolute atomic E-state index is 0.0391. The van der Waals surface area contributed by atoms with Crippen LogP contribution in [0.5, 0.6) is 5.75 Å². The van der Waals surface area contributed by atoms with E-state index >= 15 is 0 Å². The first-order valence-corrected chi connectivity index (χ1v) is 11.6. The van der Waals surface area contributed by atoms with Gasteiger partial charge in [-0.3, -0.25) is 4.79 Å². The predicted molar refractivity (Wildman–Crippen MR) is 116 cm³/mol. The Morgan fingerprint density at radius 2 is 2.14 bits per heavy atom. The molecule has 1 N–H and O–H groups in total. The number of hydrogen-bond acceptors (Lipinski definition) is 6. The molecule has 2 aliphatic rings. The molecule has 1 fully saturated rings. The molecule has 2 heterocycles. The van der Waals surface area contributed by atoms with Crippen LogP contribution < -0.4 is 10.1 Å². The number of para-hydroxylation sites is 1. The quantitative estimate of drug-likeness (QED) is 0.737. The van der Waals surface area contributed by atoms with Gasteiger partial charge in [-0.25, -0.2) is 4.98 Å². The second-order valence-electron chi connectivity index (χ2n) is 7.53. The number of carbonyl (C=O) groups excluding carboxylic acids is 1. The molecule has 1 amide bonds. The number of carbonyl (C=O) groups is 1. The maximum absolute atomic E-state index is 13.2. The van der Waals surface area contributed by atoms with Crippen LogP contribution in [-0.2, 0) is 10.5 Å². The van der Waals surface area contributed by atoms with Gasteiger partial charge in [-0.2, -0.15) is 5.26 Å². The van der Waals surface area contributed by atoms with Crippen molar-refractivity contribution < 1.29 is 9.53 Å². The third-order valence-electron chi connectivity index (χ3n) is 5.83. The highest BCUT2D eigenvalue weighted by Crippen LogP contribution is 2.57. The van der Waals surface area contributed by atoms with Crippen LogP contribution in [0.1, 0.15) is 47.9 Å². The number of rotatable bonds is 5. The first-order chi connectivity index (χ1) is 14.1. The summed E-state index contributed by atoms with van der Waals surface area (Å²) in [5.74, 6) is 1.02. The van der Waals surface area contributed by atoms with Gasteiger partial charge < -0.3 is 10.1 Å². The fourth-order valence-corrected chi connectivity index (χ4v) is 6.62. The molecule has 1 aromatic heterocycles. The number of allylic oxidation sites excluding steroid dienone is 1. The summed E-state index contributed by atoms with van der Waals surface area (Å²) in [4.78, 5) is 17.9. The highest BCUT2D eigenvalue weighted by Gasteiger charge is 2.53. The van der Waals surface area contributed by atoms with Crippen LogP contribution in [-0.4, -0.2) is 18.0 Å². The van der Waals surface area contributed by atoms with Gasteiger partial charge in [-0.05, 0) is 25.8 Å². The van der Waals surface area contributed by atoms with E-state index in [1.165, 1.54) is 23.1 Å². The molecular formula is C22H23N3O2S2. The molecule has 1 aromatic carbocycles. The van der Waals surface area contributed by atoms with E-state index < -0.39 is 5.41 Å². The number of benzene rings is 1. The van der Waals surface area contributed by atoms with Gasteiger partial charge in [-0.1, -0.05) is 31.0 Å². The van der Waals surface area contributed by atoms with Crippen molar-refractivity contribution in [3.05, 3.63) is 56.5 Å². The van der Waals surface area contributed by atoms with Crippen molar-refractivity contribution in [1.82, 2.24) is 10.3 Å². The Morgan fingerprint density at radius 1 is 1.38 bits per heavy atom. The van der Waals surface area contributed by atoms with E-state index in [4.69, 9.17) is 4.74 Å².